The molecule has 118 valence electrons. The normalized spacial score (nSPS) is 19.7. The molecule has 1 aliphatic heterocycles. The van der Waals surface area contributed by atoms with E-state index in [0.29, 0.717) is 5.92 Å². The van der Waals surface area contributed by atoms with E-state index >= 15 is 0 Å². The zero-order valence-electron chi connectivity index (χ0n) is 13.8. The maximum Gasteiger partial charge on any atom is 0.255 e. The van der Waals surface area contributed by atoms with Crippen molar-refractivity contribution in [3.8, 4) is 0 Å². The van der Waals surface area contributed by atoms with Gasteiger partial charge in [0.1, 0.15) is 0 Å². The van der Waals surface area contributed by atoms with Gasteiger partial charge in [0.05, 0.1) is 11.3 Å². The Hall–Kier alpha value is -1.36. The number of likely N-dealkylation sites (tertiary alicyclic amines) is 1. The maximum absolute atomic E-state index is 12.3. The van der Waals surface area contributed by atoms with Gasteiger partial charge in [-0.15, -0.1) is 0 Å². The van der Waals surface area contributed by atoms with Gasteiger partial charge in [-0.25, -0.2) is 0 Å². The van der Waals surface area contributed by atoms with Crippen LogP contribution in [0.3, 0.4) is 0 Å². The highest BCUT2D eigenvalue weighted by Gasteiger charge is 2.19. The van der Waals surface area contributed by atoms with Crippen molar-refractivity contribution < 1.29 is 4.79 Å². The highest BCUT2D eigenvalue weighted by atomic mass is 16.1. The summed E-state index contributed by atoms with van der Waals surface area (Å²) in [4.78, 5) is 14.7. The van der Waals surface area contributed by atoms with Gasteiger partial charge < -0.3 is 10.2 Å². The minimum atomic E-state index is 0.0221. The van der Waals surface area contributed by atoms with Crippen LogP contribution in [0.5, 0.6) is 0 Å². The van der Waals surface area contributed by atoms with Gasteiger partial charge in [0, 0.05) is 25.3 Å². The van der Waals surface area contributed by atoms with Gasteiger partial charge in [-0.05, 0) is 59.5 Å². The average Bonchev–Trinajstić information content (AvgIpc) is 2.73. The fraction of sp³-hybridized carbons (Fsp3) is 0.750. The molecular formula is C16H28N4O. The van der Waals surface area contributed by atoms with Crippen molar-refractivity contribution in [2.75, 3.05) is 26.7 Å². The lowest BCUT2D eigenvalue weighted by molar-refractivity contribution is 0.0947. The molecule has 1 fully saturated rings. The van der Waals surface area contributed by atoms with E-state index in [2.05, 4.69) is 22.4 Å². The summed E-state index contributed by atoms with van der Waals surface area (Å²) >= 11 is 0. The van der Waals surface area contributed by atoms with Crippen molar-refractivity contribution in [1.82, 2.24) is 20.0 Å². The number of amides is 1. The first-order valence-corrected chi connectivity index (χ1v) is 8.03. The van der Waals surface area contributed by atoms with E-state index in [0.717, 1.165) is 43.0 Å². The third-order valence-electron chi connectivity index (χ3n) is 4.47. The molecule has 0 saturated carbocycles. The Labute approximate surface area is 127 Å². The van der Waals surface area contributed by atoms with E-state index in [4.69, 9.17) is 0 Å². The van der Waals surface area contributed by atoms with Crippen LogP contribution in [-0.4, -0.2) is 47.3 Å². The molecule has 1 aliphatic rings. The number of aromatic nitrogens is 2. The smallest absolute Gasteiger partial charge is 0.255 e. The van der Waals surface area contributed by atoms with Crippen LogP contribution in [0.15, 0.2) is 0 Å². The first-order valence-electron chi connectivity index (χ1n) is 8.03. The molecule has 5 heteroatoms. The summed E-state index contributed by atoms with van der Waals surface area (Å²) in [5.41, 5.74) is 2.53. The summed E-state index contributed by atoms with van der Waals surface area (Å²) in [6, 6.07) is 0. The third kappa shape index (κ3) is 3.84. The first kappa shape index (κ1) is 16.0. The Morgan fingerprint density at radius 3 is 2.81 bits per heavy atom. The quantitative estimate of drug-likeness (QED) is 0.903. The molecule has 2 rings (SSSR count). The molecule has 0 bridgehead atoms. The summed E-state index contributed by atoms with van der Waals surface area (Å²) in [5, 5.41) is 7.48. The molecule has 1 N–H and O–H groups in total. The molecule has 0 aromatic carbocycles. The molecule has 1 amide bonds. The largest absolute Gasteiger partial charge is 0.352 e. The summed E-state index contributed by atoms with van der Waals surface area (Å²) in [6.45, 7) is 9.83. The number of carbonyl (C=O) groups excluding carboxylic acids is 1. The summed E-state index contributed by atoms with van der Waals surface area (Å²) < 4.78 is 1.89. The van der Waals surface area contributed by atoms with E-state index in [1.807, 2.05) is 25.5 Å². The molecule has 0 radical (unpaired) electrons. The van der Waals surface area contributed by atoms with Crippen LogP contribution >= 0.6 is 0 Å². The van der Waals surface area contributed by atoms with Crippen LogP contribution in [-0.2, 0) is 6.54 Å². The Balaban J connectivity index is 1.86. The molecule has 1 aromatic heterocycles. The minimum absolute atomic E-state index is 0.0221. The maximum atomic E-state index is 12.3. The van der Waals surface area contributed by atoms with Crippen molar-refractivity contribution in [3.05, 3.63) is 17.0 Å². The van der Waals surface area contributed by atoms with Crippen LogP contribution < -0.4 is 5.32 Å². The Morgan fingerprint density at radius 2 is 2.19 bits per heavy atom. The van der Waals surface area contributed by atoms with Crippen LogP contribution in [0, 0.1) is 19.8 Å². The minimum Gasteiger partial charge on any atom is -0.352 e. The standard InChI is InChI=1S/C16H28N4O/c1-5-20-13(3)15(12(2)18-20)16(21)17-9-8-14-7-6-10-19(4)11-14/h14H,5-11H2,1-4H3,(H,17,21)/t14-/m0/s1. The second-order valence-electron chi connectivity index (χ2n) is 6.18. The molecule has 0 unspecified atom stereocenters. The van der Waals surface area contributed by atoms with Crippen molar-refractivity contribution in [2.24, 2.45) is 5.92 Å². The Morgan fingerprint density at radius 1 is 1.43 bits per heavy atom. The molecule has 5 nitrogen and oxygen atoms in total. The lowest BCUT2D eigenvalue weighted by atomic mass is 9.95. The fourth-order valence-electron chi connectivity index (χ4n) is 3.32. The summed E-state index contributed by atoms with van der Waals surface area (Å²) in [5.74, 6) is 0.735. The second kappa shape index (κ2) is 7.07. The summed E-state index contributed by atoms with van der Waals surface area (Å²) in [7, 11) is 2.18. The fourth-order valence-corrected chi connectivity index (χ4v) is 3.32. The third-order valence-corrected chi connectivity index (χ3v) is 4.47. The zero-order valence-corrected chi connectivity index (χ0v) is 13.8. The van der Waals surface area contributed by atoms with E-state index < -0.39 is 0 Å². The van der Waals surface area contributed by atoms with Crippen molar-refractivity contribution >= 4 is 5.91 Å². The van der Waals surface area contributed by atoms with E-state index in [1.54, 1.807) is 0 Å². The van der Waals surface area contributed by atoms with Crippen LogP contribution in [0.25, 0.3) is 0 Å². The average molecular weight is 292 g/mol. The zero-order chi connectivity index (χ0) is 15.4. The van der Waals surface area contributed by atoms with Gasteiger partial charge in [-0.3, -0.25) is 9.48 Å². The Kier molecular flexibility index (Phi) is 5.39. The number of hydrogen-bond acceptors (Lipinski definition) is 3. The second-order valence-corrected chi connectivity index (χ2v) is 6.18. The van der Waals surface area contributed by atoms with Crippen LogP contribution in [0.1, 0.15) is 47.9 Å². The van der Waals surface area contributed by atoms with Crippen LogP contribution in [0.2, 0.25) is 0 Å². The molecule has 1 saturated heterocycles. The summed E-state index contributed by atoms with van der Waals surface area (Å²) in [6.07, 6.45) is 3.62. The highest BCUT2D eigenvalue weighted by Crippen LogP contribution is 2.18. The number of nitrogens with zero attached hydrogens (tertiary/aromatic N) is 3. The SMILES string of the molecule is CCn1nc(C)c(C(=O)NCC[C@@H]2CCCN(C)C2)c1C. The lowest BCUT2D eigenvalue weighted by Crippen LogP contribution is -2.34. The lowest BCUT2D eigenvalue weighted by Gasteiger charge is -2.29. The molecule has 1 aromatic rings. The van der Waals surface area contributed by atoms with Gasteiger partial charge in [0.25, 0.3) is 5.91 Å². The predicted molar refractivity (Wildman–Crippen MR) is 84.5 cm³/mol. The van der Waals surface area contributed by atoms with Crippen molar-refractivity contribution in [1.29, 1.82) is 0 Å². The Bertz CT molecular complexity index is 495. The van der Waals surface area contributed by atoms with Crippen molar-refractivity contribution in [2.45, 2.75) is 46.6 Å². The molecule has 0 aliphatic carbocycles. The van der Waals surface area contributed by atoms with E-state index in [9.17, 15) is 4.79 Å². The predicted octanol–water partition coefficient (Wildman–Crippen LogP) is 1.98. The molecule has 0 spiro atoms. The van der Waals surface area contributed by atoms with Gasteiger partial charge in [-0.1, -0.05) is 0 Å². The monoisotopic (exact) mass is 292 g/mol. The number of rotatable bonds is 5. The van der Waals surface area contributed by atoms with Crippen molar-refractivity contribution in [3.63, 3.8) is 0 Å². The van der Waals surface area contributed by atoms with Gasteiger partial charge in [0.15, 0.2) is 0 Å². The number of hydrogen-bond donors (Lipinski definition) is 1. The van der Waals surface area contributed by atoms with E-state index in [-0.39, 0.29) is 5.91 Å². The highest BCUT2D eigenvalue weighted by molar-refractivity contribution is 5.96. The van der Waals surface area contributed by atoms with Gasteiger partial charge in [0.2, 0.25) is 0 Å². The molecule has 21 heavy (non-hydrogen) atoms. The van der Waals surface area contributed by atoms with Crippen LogP contribution in [0.4, 0.5) is 0 Å². The van der Waals surface area contributed by atoms with Gasteiger partial charge >= 0.3 is 0 Å². The molecular weight excluding hydrogens is 264 g/mol. The molecule has 2 heterocycles. The number of nitrogens with one attached hydrogen (secondary N) is 1. The first-order chi connectivity index (χ1) is 10.0. The number of piperidine rings is 1. The van der Waals surface area contributed by atoms with Gasteiger partial charge in [-0.2, -0.15) is 5.10 Å². The topological polar surface area (TPSA) is 50.2 Å². The number of carbonyl (C=O) groups is 1. The number of aryl methyl sites for hydroxylation is 2. The molecule has 1 atom stereocenters. The van der Waals surface area contributed by atoms with E-state index in [1.165, 1.54) is 19.4 Å².